The zero-order chi connectivity index (χ0) is 13.0. The van der Waals surface area contributed by atoms with Crippen molar-refractivity contribution in [3.8, 4) is 0 Å². The van der Waals surface area contributed by atoms with Gasteiger partial charge in [-0.1, -0.05) is 26.2 Å². The lowest BCUT2D eigenvalue weighted by Crippen LogP contribution is -2.58. The minimum atomic E-state index is 0.140. The quantitative estimate of drug-likeness (QED) is 0.790. The summed E-state index contributed by atoms with van der Waals surface area (Å²) in [5.41, 5.74) is 6.29. The van der Waals surface area contributed by atoms with Gasteiger partial charge in [0.1, 0.15) is 0 Å². The molecule has 0 aromatic heterocycles. The molecule has 1 saturated carbocycles. The molecule has 18 heavy (non-hydrogen) atoms. The van der Waals surface area contributed by atoms with E-state index in [0.717, 1.165) is 25.3 Å². The van der Waals surface area contributed by atoms with Gasteiger partial charge in [0.15, 0.2) is 0 Å². The van der Waals surface area contributed by atoms with Crippen molar-refractivity contribution in [2.24, 2.45) is 11.7 Å². The third kappa shape index (κ3) is 3.06. The van der Waals surface area contributed by atoms with Crippen molar-refractivity contribution in [1.82, 2.24) is 4.90 Å². The predicted molar refractivity (Wildman–Crippen MR) is 75.4 cm³/mol. The Kier molecular flexibility index (Phi) is 5.46. The molecule has 0 aromatic carbocycles. The minimum absolute atomic E-state index is 0.140. The van der Waals surface area contributed by atoms with E-state index in [1.54, 1.807) is 0 Å². The smallest absolute Gasteiger partial charge is 0.0602 e. The van der Waals surface area contributed by atoms with Gasteiger partial charge in [-0.2, -0.15) is 0 Å². The van der Waals surface area contributed by atoms with Gasteiger partial charge in [0.2, 0.25) is 0 Å². The highest BCUT2D eigenvalue weighted by Gasteiger charge is 2.37. The van der Waals surface area contributed by atoms with E-state index < -0.39 is 0 Å². The van der Waals surface area contributed by atoms with E-state index in [-0.39, 0.29) is 18.7 Å². The van der Waals surface area contributed by atoms with Crippen molar-refractivity contribution in [3.05, 3.63) is 0 Å². The molecule has 2 fully saturated rings. The molecule has 1 aliphatic carbocycles. The predicted octanol–water partition coefficient (Wildman–Crippen LogP) is 2.13. The lowest BCUT2D eigenvalue weighted by Gasteiger charge is -2.48. The number of aliphatic hydroxyl groups excluding tert-OH is 1. The average molecular weight is 254 g/mol. The molecule has 3 heteroatoms. The Hall–Kier alpha value is -0.120. The molecule has 0 aromatic rings. The summed E-state index contributed by atoms with van der Waals surface area (Å²) < 4.78 is 0. The van der Waals surface area contributed by atoms with Gasteiger partial charge < -0.3 is 10.8 Å². The first-order valence-corrected chi connectivity index (χ1v) is 7.90. The van der Waals surface area contributed by atoms with Gasteiger partial charge in [0.05, 0.1) is 6.61 Å². The molecule has 3 N–H and O–H groups in total. The summed E-state index contributed by atoms with van der Waals surface area (Å²) in [4.78, 5) is 2.56. The molecule has 1 heterocycles. The Morgan fingerprint density at radius 3 is 2.67 bits per heavy atom. The van der Waals surface area contributed by atoms with Crippen molar-refractivity contribution in [2.45, 2.75) is 76.4 Å². The zero-order valence-electron chi connectivity index (χ0n) is 11.9. The van der Waals surface area contributed by atoms with Crippen LogP contribution < -0.4 is 5.73 Å². The van der Waals surface area contributed by atoms with Crippen molar-refractivity contribution >= 4 is 0 Å². The fraction of sp³-hybridized carbons (Fsp3) is 1.00. The van der Waals surface area contributed by atoms with Gasteiger partial charge in [0, 0.05) is 18.1 Å². The summed E-state index contributed by atoms with van der Waals surface area (Å²) in [6, 6.07) is 1.03. The summed E-state index contributed by atoms with van der Waals surface area (Å²) in [5, 5.41) is 9.74. The van der Waals surface area contributed by atoms with E-state index in [4.69, 9.17) is 5.73 Å². The second-order valence-corrected chi connectivity index (χ2v) is 6.19. The molecular formula is C15H30N2O. The molecule has 0 spiro atoms. The van der Waals surface area contributed by atoms with E-state index >= 15 is 0 Å². The second-order valence-electron chi connectivity index (χ2n) is 6.19. The van der Waals surface area contributed by atoms with Crippen LogP contribution in [0.4, 0.5) is 0 Å². The normalized spacial score (nSPS) is 32.8. The molecular weight excluding hydrogens is 224 g/mol. The number of aliphatic hydroxyl groups is 1. The van der Waals surface area contributed by atoms with Crippen LogP contribution in [0.1, 0.15) is 58.3 Å². The Labute approximate surface area is 112 Å². The molecule has 2 unspecified atom stereocenters. The van der Waals surface area contributed by atoms with Gasteiger partial charge >= 0.3 is 0 Å². The fourth-order valence-electron chi connectivity index (χ4n) is 4.09. The molecule has 3 nitrogen and oxygen atoms in total. The maximum atomic E-state index is 9.74. The number of nitrogens with two attached hydrogens (primary N) is 1. The van der Waals surface area contributed by atoms with Crippen molar-refractivity contribution in [1.29, 1.82) is 0 Å². The monoisotopic (exact) mass is 254 g/mol. The highest BCUT2D eigenvalue weighted by atomic mass is 16.3. The van der Waals surface area contributed by atoms with Crippen LogP contribution in [0.2, 0.25) is 0 Å². The maximum absolute atomic E-state index is 9.74. The highest BCUT2D eigenvalue weighted by molar-refractivity contribution is 4.93. The summed E-state index contributed by atoms with van der Waals surface area (Å²) in [6.45, 7) is 3.54. The molecule has 0 amide bonds. The first-order chi connectivity index (χ1) is 8.77. The first kappa shape index (κ1) is 14.3. The molecule has 0 radical (unpaired) electrons. The summed E-state index contributed by atoms with van der Waals surface area (Å²) in [7, 11) is 0. The first-order valence-electron chi connectivity index (χ1n) is 7.90. The van der Waals surface area contributed by atoms with Crippen LogP contribution in [0.5, 0.6) is 0 Å². The van der Waals surface area contributed by atoms with Gasteiger partial charge in [-0.05, 0) is 44.6 Å². The van der Waals surface area contributed by atoms with Crippen molar-refractivity contribution in [2.75, 3.05) is 13.2 Å². The molecule has 0 bridgehead atoms. The number of rotatable bonds is 5. The standard InChI is InChI=1S/C15H30N2O/c1-2-6-13(16)15(11-18)17-10-5-8-12-7-3-4-9-14(12)17/h12-15,18H,2-11,16H2,1H3/t12-,13?,14-,15?/m1/s1. The third-order valence-electron chi connectivity index (χ3n) is 5.02. The number of fused-ring (bicyclic) bond motifs is 1. The fourth-order valence-corrected chi connectivity index (χ4v) is 4.09. The Balaban J connectivity index is 2.03. The molecule has 1 aliphatic heterocycles. The summed E-state index contributed by atoms with van der Waals surface area (Å²) in [5.74, 6) is 0.871. The van der Waals surface area contributed by atoms with Crippen LogP contribution in [0.25, 0.3) is 0 Å². The van der Waals surface area contributed by atoms with E-state index in [0.29, 0.717) is 6.04 Å². The Morgan fingerprint density at radius 1 is 1.22 bits per heavy atom. The van der Waals surface area contributed by atoms with Crippen LogP contribution >= 0.6 is 0 Å². The number of likely N-dealkylation sites (tertiary alicyclic amines) is 1. The van der Waals surface area contributed by atoms with Gasteiger partial charge in [-0.15, -0.1) is 0 Å². The SMILES string of the molecule is CCCC(N)C(CO)N1CCC[C@H]2CCCC[C@H]21. The maximum Gasteiger partial charge on any atom is 0.0602 e. The Morgan fingerprint density at radius 2 is 1.94 bits per heavy atom. The minimum Gasteiger partial charge on any atom is -0.395 e. The number of piperidine rings is 1. The average Bonchev–Trinajstić information content (AvgIpc) is 2.40. The zero-order valence-corrected chi connectivity index (χ0v) is 11.9. The molecule has 106 valence electrons. The van der Waals surface area contributed by atoms with Gasteiger partial charge in [-0.3, -0.25) is 4.90 Å². The molecule has 2 rings (SSSR count). The lowest BCUT2D eigenvalue weighted by molar-refractivity contribution is -0.00490. The van der Waals surface area contributed by atoms with Crippen LogP contribution in [0.3, 0.4) is 0 Å². The van der Waals surface area contributed by atoms with Crippen LogP contribution in [-0.4, -0.2) is 41.3 Å². The van der Waals surface area contributed by atoms with Crippen LogP contribution in [0.15, 0.2) is 0 Å². The van der Waals surface area contributed by atoms with E-state index in [9.17, 15) is 5.11 Å². The van der Waals surface area contributed by atoms with Crippen molar-refractivity contribution in [3.63, 3.8) is 0 Å². The summed E-state index contributed by atoms with van der Waals surface area (Å²) >= 11 is 0. The van der Waals surface area contributed by atoms with E-state index in [2.05, 4.69) is 11.8 Å². The summed E-state index contributed by atoms with van der Waals surface area (Å²) in [6.07, 6.45) is 10.3. The van der Waals surface area contributed by atoms with E-state index in [1.807, 2.05) is 0 Å². The van der Waals surface area contributed by atoms with E-state index in [1.165, 1.54) is 38.5 Å². The molecule has 2 aliphatic rings. The number of hydrogen-bond acceptors (Lipinski definition) is 3. The number of nitrogens with zero attached hydrogens (tertiary/aromatic N) is 1. The molecule has 1 saturated heterocycles. The number of hydrogen-bond donors (Lipinski definition) is 2. The Bertz CT molecular complexity index is 245. The highest BCUT2D eigenvalue weighted by Crippen LogP contribution is 2.36. The molecule has 4 atom stereocenters. The lowest BCUT2D eigenvalue weighted by atomic mass is 9.77. The van der Waals surface area contributed by atoms with Gasteiger partial charge in [-0.25, -0.2) is 0 Å². The van der Waals surface area contributed by atoms with Crippen LogP contribution in [-0.2, 0) is 0 Å². The van der Waals surface area contributed by atoms with Crippen molar-refractivity contribution < 1.29 is 5.11 Å². The van der Waals surface area contributed by atoms with Crippen LogP contribution in [0, 0.1) is 5.92 Å². The van der Waals surface area contributed by atoms with Gasteiger partial charge in [0.25, 0.3) is 0 Å². The topological polar surface area (TPSA) is 49.5 Å². The second kappa shape index (κ2) is 6.88. The largest absolute Gasteiger partial charge is 0.395 e. The third-order valence-corrected chi connectivity index (χ3v) is 5.02.